The Bertz CT molecular complexity index is 888. The SMILES string of the molecule is CCN(Cc1cccc(NS(=O)(=O)/C=C\c2ccc(C)cc2)c1)C(C)=O. The highest BCUT2D eigenvalue weighted by Crippen LogP contribution is 2.15. The van der Waals surface area contributed by atoms with Crippen molar-refractivity contribution in [1.82, 2.24) is 4.90 Å². The predicted molar refractivity (Wildman–Crippen MR) is 106 cm³/mol. The van der Waals surface area contributed by atoms with E-state index in [-0.39, 0.29) is 5.91 Å². The fraction of sp³-hybridized carbons (Fsp3) is 0.250. The fourth-order valence-electron chi connectivity index (χ4n) is 2.44. The van der Waals surface area contributed by atoms with Gasteiger partial charge in [0.1, 0.15) is 0 Å². The van der Waals surface area contributed by atoms with Crippen LogP contribution in [0.5, 0.6) is 0 Å². The summed E-state index contributed by atoms with van der Waals surface area (Å²) < 4.78 is 27.1. The molecule has 0 saturated heterocycles. The average molecular weight is 372 g/mol. The van der Waals surface area contributed by atoms with Gasteiger partial charge in [-0.3, -0.25) is 9.52 Å². The Balaban J connectivity index is 2.10. The summed E-state index contributed by atoms with van der Waals surface area (Å²) in [6.07, 6.45) is 1.56. The molecule has 0 unspecified atom stereocenters. The zero-order valence-electron chi connectivity index (χ0n) is 15.3. The van der Waals surface area contributed by atoms with E-state index < -0.39 is 10.0 Å². The molecule has 26 heavy (non-hydrogen) atoms. The highest BCUT2D eigenvalue weighted by Gasteiger charge is 2.09. The number of aryl methyl sites for hydroxylation is 1. The van der Waals surface area contributed by atoms with E-state index >= 15 is 0 Å². The van der Waals surface area contributed by atoms with Crippen molar-refractivity contribution in [2.24, 2.45) is 0 Å². The first-order valence-corrected chi connectivity index (χ1v) is 9.96. The lowest BCUT2D eigenvalue weighted by molar-refractivity contribution is -0.129. The number of carbonyl (C=O) groups is 1. The van der Waals surface area contributed by atoms with Crippen molar-refractivity contribution >= 4 is 27.7 Å². The van der Waals surface area contributed by atoms with Crippen LogP contribution < -0.4 is 4.72 Å². The second-order valence-electron chi connectivity index (χ2n) is 6.09. The summed E-state index contributed by atoms with van der Waals surface area (Å²) in [6.45, 7) is 6.45. The van der Waals surface area contributed by atoms with Crippen LogP contribution >= 0.6 is 0 Å². The van der Waals surface area contributed by atoms with Crippen molar-refractivity contribution in [2.45, 2.75) is 27.3 Å². The summed E-state index contributed by atoms with van der Waals surface area (Å²) in [4.78, 5) is 13.2. The van der Waals surface area contributed by atoms with E-state index in [2.05, 4.69) is 4.72 Å². The predicted octanol–water partition coefficient (Wildman–Crippen LogP) is 3.78. The number of nitrogens with zero attached hydrogens (tertiary/aromatic N) is 1. The topological polar surface area (TPSA) is 66.5 Å². The van der Waals surface area contributed by atoms with E-state index in [1.807, 2.05) is 44.2 Å². The van der Waals surface area contributed by atoms with E-state index in [4.69, 9.17) is 0 Å². The zero-order valence-corrected chi connectivity index (χ0v) is 16.1. The molecule has 0 radical (unpaired) electrons. The molecule has 0 atom stereocenters. The van der Waals surface area contributed by atoms with Gasteiger partial charge in [0.25, 0.3) is 10.0 Å². The Kier molecular flexibility index (Phi) is 6.58. The highest BCUT2D eigenvalue weighted by atomic mass is 32.2. The average Bonchev–Trinajstić information content (AvgIpc) is 2.59. The van der Waals surface area contributed by atoms with Gasteiger partial charge in [-0.1, -0.05) is 42.0 Å². The fourth-order valence-corrected chi connectivity index (χ4v) is 3.30. The maximum absolute atomic E-state index is 12.3. The lowest BCUT2D eigenvalue weighted by atomic mass is 10.2. The monoisotopic (exact) mass is 372 g/mol. The number of hydrogen-bond acceptors (Lipinski definition) is 3. The molecular weight excluding hydrogens is 348 g/mol. The summed E-state index contributed by atoms with van der Waals surface area (Å²) in [7, 11) is -3.62. The Morgan fingerprint density at radius 1 is 1.15 bits per heavy atom. The molecule has 0 fully saturated rings. The summed E-state index contributed by atoms with van der Waals surface area (Å²) >= 11 is 0. The van der Waals surface area contributed by atoms with Crippen LogP contribution in [-0.2, 0) is 21.4 Å². The molecule has 0 bridgehead atoms. The Hall–Kier alpha value is -2.60. The molecule has 0 saturated carbocycles. The van der Waals surface area contributed by atoms with E-state index in [1.165, 1.54) is 6.92 Å². The third-order valence-corrected chi connectivity index (χ3v) is 4.92. The maximum Gasteiger partial charge on any atom is 0.255 e. The number of rotatable bonds is 7. The molecule has 1 amide bonds. The number of nitrogens with one attached hydrogen (secondary N) is 1. The largest absolute Gasteiger partial charge is 0.339 e. The van der Waals surface area contributed by atoms with Gasteiger partial charge >= 0.3 is 0 Å². The summed E-state index contributed by atoms with van der Waals surface area (Å²) in [5.41, 5.74) is 3.27. The van der Waals surface area contributed by atoms with Crippen molar-refractivity contribution in [3.8, 4) is 0 Å². The second-order valence-corrected chi connectivity index (χ2v) is 7.66. The number of hydrogen-bond donors (Lipinski definition) is 1. The third-order valence-electron chi connectivity index (χ3n) is 3.90. The van der Waals surface area contributed by atoms with Gasteiger partial charge in [-0.25, -0.2) is 8.42 Å². The molecule has 0 aromatic heterocycles. The molecule has 0 aliphatic heterocycles. The molecule has 0 aliphatic carbocycles. The minimum atomic E-state index is -3.62. The normalized spacial score (nSPS) is 11.5. The van der Waals surface area contributed by atoms with Crippen LogP contribution in [0.1, 0.15) is 30.5 Å². The number of amides is 1. The van der Waals surface area contributed by atoms with Gasteiger partial charge in [0.05, 0.1) is 5.41 Å². The number of anilines is 1. The number of carbonyl (C=O) groups excluding carboxylic acids is 1. The van der Waals surface area contributed by atoms with Crippen molar-refractivity contribution in [2.75, 3.05) is 11.3 Å². The van der Waals surface area contributed by atoms with Crippen LogP contribution in [0.3, 0.4) is 0 Å². The summed E-state index contributed by atoms with van der Waals surface area (Å²) in [6, 6.07) is 14.6. The molecule has 5 nitrogen and oxygen atoms in total. The first-order valence-electron chi connectivity index (χ1n) is 8.41. The molecular formula is C20H24N2O3S. The molecule has 2 aromatic rings. The van der Waals surface area contributed by atoms with Gasteiger partial charge in [-0.15, -0.1) is 0 Å². The van der Waals surface area contributed by atoms with Crippen LogP contribution in [0.15, 0.2) is 53.9 Å². The zero-order chi connectivity index (χ0) is 19.2. The van der Waals surface area contributed by atoms with Crippen LogP contribution in [0, 0.1) is 6.92 Å². The van der Waals surface area contributed by atoms with Crippen LogP contribution in [0.25, 0.3) is 6.08 Å². The van der Waals surface area contributed by atoms with Crippen molar-refractivity contribution in [1.29, 1.82) is 0 Å². The van der Waals surface area contributed by atoms with Crippen molar-refractivity contribution in [3.63, 3.8) is 0 Å². The van der Waals surface area contributed by atoms with E-state index in [1.54, 1.807) is 29.2 Å². The molecule has 0 spiro atoms. The maximum atomic E-state index is 12.3. The van der Waals surface area contributed by atoms with Crippen molar-refractivity contribution in [3.05, 3.63) is 70.6 Å². The van der Waals surface area contributed by atoms with Gasteiger partial charge in [0.15, 0.2) is 0 Å². The summed E-state index contributed by atoms with van der Waals surface area (Å²) in [5, 5.41) is 1.15. The van der Waals surface area contributed by atoms with E-state index in [0.717, 1.165) is 22.1 Å². The Morgan fingerprint density at radius 3 is 2.46 bits per heavy atom. The molecule has 6 heteroatoms. The highest BCUT2D eigenvalue weighted by molar-refractivity contribution is 7.95. The Morgan fingerprint density at radius 2 is 1.85 bits per heavy atom. The van der Waals surface area contributed by atoms with E-state index in [0.29, 0.717) is 18.8 Å². The minimum absolute atomic E-state index is 0.0143. The van der Waals surface area contributed by atoms with Gasteiger partial charge in [0, 0.05) is 25.7 Å². The molecule has 0 aliphatic rings. The van der Waals surface area contributed by atoms with Gasteiger partial charge in [-0.05, 0) is 43.2 Å². The third kappa shape index (κ3) is 6.04. The molecule has 2 rings (SSSR count). The van der Waals surface area contributed by atoms with E-state index in [9.17, 15) is 13.2 Å². The minimum Gasteiger partial charge on any atom is -0.339 e. The molecule has 138 valence electrons. The van der Waals surface area contributed by atoms with Crippen LogP contribution in [0.2, 0.25) is 0 Å². The lowest BCUT2D eigenvalue weighted by Gasteiger charge is -2.19. The summed E-state index contributed by atoms with van der Waals surface area (Å²) in [5.74, 6) is -0.0143. The van der Waals surface area contributed by atoms with Crippen LogP contribution in [0.4, 0.5) is 5.69 Å². The first kappa shape index (κ1) is 19.7. The quantitative estimate of drug-likeness (QED) is 0.804. The first-order chi connectivity index (χ1) is 12.3. The number of benzene rings is 2. The number of sulfonamides is 1. The van der Waals surface area contributed by atoms with Gasteiger partial charge in [-0.2, -0.15) is 0 Å². The molecule has 2 aromatic carbocycles. The molecule has 0 heterocycles. The van der Waals surface area contributed by atoms with Gasteiger partial charge in [0.2, 0.25) is 5.91 Å². The van der Waals surface area contributed by atoms with Crippen LogP contribution in [-0.4, -0.2) is 25.8 Å². The van der Waals surface area contributed by atoms with Gasteiger partial charge < -0.3 is 4.90 Å². The Labute approximate surface area is 155 Å². The van der Waals surface area contributed by atoms with Crippen molar-refractivity contribution < 1.29 is 13.2 Å². The molecule has 1 N–H and O–H groups in total. The lowest BCUT2D eigenvalue weighted by Crippen LogP contribution is -2.27. The standard InChI is InChI=1S/C20H24N2O3S/c1-4-22(17(3)23)15-19-6-5-7-20(14-19)21-26(24,25)13-12-18-10-8-16(2)9-11-18/h5-14,21H,4,15H2,1-3H3/b13-12-. The smallest absolute Gasteiger partial charge is 0.255 e. The second kappa shape index (κ2) is 8.67.